The van der Waals surface area contributed by atoms with Crippen LogP contribution in [-0.4, -0.2) is 38.0 Å². The molecule has 5 nitrogen and oxygen atoms in total. The van der Waals surface area contributed by atoms with Crippen molar-refractivity contribution in [2.75, 3.05) is 6.67 Å². The maximum Gasteiger partial charge on any atom is 0.431 e. The normalized spacial score (nSPS) is 13.7. The van der Waals surface area contributed by atoms with Gasteiger partial charge in [0.05, 0.1) is 0 Å². The Kier molecular flexibility index (Phi) is 7.77. The molecule has 0 rings (SSSR count). The van der Waals surface area contributed by atoms with Gasteiger partial charge in [0.2, 0.25) is 5.78 Å². The molecule has 0 aliphatic carbocycles. The highest BCUT2D eigenvalue weighted by Crippen LogP contribution is 2.31. The number of alkyl halides is 3. The third-order valence-corrected chi connectivity index (χ3v) is 3.62. The molecule has 1 unspecified atom stereocenters. The monoisotopic (exact) mass is 352 g/mol. The summed E-state index contributed by atoms with van der Waals surface area (Å²) in [7, 11) is -6.51. The van der Waals surface area contributed by atoms with Crippen molar-refractivity contribution in [1.82, 2.24) is 0 Å². The maximum atomic E-state index is 13.2. The lowest BCUT2D eigenvalue weighted by atomic mass is 9.91. The van der Waals surface area contributed by atoms with E-state index in [1.165, 1.54) is 0 Å². The summed E-state index contributed by atoms with van der Waals surface area (Å²) in [5, 5.41) is -5.32. The van der Waals surface area contributed by atoms with E-state index in [0.717, 1.165) is 0 Å². The molecule has 0 radical (unpaired) electrons. The Labute approximate surface area is 123 Å². The third kappa shape index (κ3) is 6.16. The van der Waals surface area contributed by atoms with Gasteiger partial charge in [-0.3, -0.25) is 14.4 Å². The Balaban J connectivity index is 5.07. The van der Waals surface area contributed by atoms with Gasteiger partial charge in [0.25, 0.3) is 0 Å². The lowest BCUT2D eigenvalue weighted by molar-refractivity contribution is -0.139. The van der Waals surface area contributed by atoms with E-state index in [9.17, 15) is 44.2 Å². The summed E-state index contributed by atoms with van der Waals surface area (Å²) >= 11 is 0. The van der Waals surface area contributed by atoms with Gasteiger partial charge in [0, 0.05) is 18.8 Å². The zero-order valence-electron chi connectivity index (χ0n) is 11.2. The van der Waals surface area contributed by atoms with Gasteiger partial charge in [-0.25, -0.2) is 4.39 Å². The highest BCUT2D eigenvalue weighted by atomic mass is 32.3. The molecule has 0 N–H and O–H groups in total. The van der Waals surface area contributed by atoms with E-state index < -0.39 is 77.8 Å². The topological polar surface area (TPSA) is 85.3 Å². The molecule has 0 amide bonds. The number of hydrogen-bond acceptors (Lipinski definition) is 5. The molecule has 0 aromatic rings. The van der Waals surface area contributed by atoms with Crippen molar-refractivity contribution in [1.29, 1.82) is 0 Å². The molecule has 0 aliphatic rings. The second-order valence-corrected chi connectivity index (χ2v) is 5.86. The van der Waals surface area contributed by atoms with Gasteiger partial charge in [-0.15, -0.1) is 0 Å². The minimum absolute atomic E-state index is 0.391. The summed E-state index contributed by atoms with van der Waals surface area (Å²) in [6.45, 7) is -1.42. The van der Waals surface area contributed by atoms with E-state index in [0.29, 0.717) is 0 Å². The van der Waals surface area contributed by atoms with Gasteiger partial charge in [-0.1, -0.05) is 3.89 Å². The van der Waals surface area contributed by atoms with Gasteiger partial charge in [0.15, 0.2) is 5.78 Å². The van der Waals surface area contributed by atoms with Crippen LogP contribution in [0.4, 0.5) is 21.4 Å². The minimum Gasteiger partial charge on any atom is -0.297 e. The highest BCUT2D eigenvalue weighted by molar-refractivity contribution is 7.88. The summed E-state index contributed by atoms with van der Waals surface area (Å²) in [6.07, 6.45) is -2.99. The molecule has 0 aromatic heterocycles. The van der Waals surface area contributed by atoms with Crippen LogP contribution < -0.4 is 0 Å². The Morgan fingerprint density at radius 2 is 1.59 bits per heavy atom. The number of rotatable bonds is 11. The van der Waals surface area contributed by atoms with Gasteiger partial charge < -0.3 is 0 Å². The second-order valence-electron chi connectivity index (χ2n) is 4.47. The van der Waals surface area contributed by atoms with Crippen molar-refractivity contribution >= 4 is 27.8 Å². The van der Waals surface area contributed by atoms with E-state index in [1.807, 2.05) is 0 Å². The molecule has 22 heavy (non-hydrogen) atoms. The van der Waals surface area contributed by atoms with E-state index in [2.05, 4.69) is 0 Å². The zero-order valence-corrected chi connectivity index (χ0v) is 12.0. The Hall–Kier alpha value is -1.39. The van der Waals surface area contributed by atoms with Crippen LogP contribution >= 0.6 is 0 Å². The minimum atomic E-state index is -6.51. The molecule has 128 valence electrons. The molecule has 0 aromatic carbocycles. The van der Waals surface area contributed by atoms with Crippen LogP contribution in [0.15, 0.2) is 0 Å². The van der Waals surface area contributed by atoms with Crippen molar-refractivity contribution in [3.8, 4) is 0 Å². The number of Topliss-reactive ketones (excluding diaryl/α,β-unsaturated/α-hetero) is 2. The molecular formula is C11H13F5O5S. The van der Waals surface area contributed by atoms with Crippen LogP contribution in [0.2, 0.25) is 0 Å². The van der Waals surface area contributed by atoms with Gasteiger partial charge in [-0.2, -0.15) is 21.6 Å². The molecular weight excluding hydrogens is 339 g/mol. The van der Waals surface area contributed by atoms with Crippen molar-refractivity contribution in [3.05, 3.63) is 0 Å². The summed E-state index contributed by atoms with van der Waals surface area (Å²) in [4.78, 5) is 32.3. The van der Waals surface area contributed by atoms with Gasteiger partial charge in [-0.05, 0) is 19.3 Å². The first-order valence-corrected chi connectivity index (χ1v) is 7.44. The van der Waals surface area contributed by atoms with Crippen LogP contribution in [0.25, 0.3) is 0 Å². The van der Waals surface area contributed by atoms with Crippen LogP contribution in [0.1, 0.15) is 32.1 Å². The number of ketones is 2. The molecule has 0 saturated carbocycles. The van der Waals surface area contributed by atoms with E-state index >= 15 is 0 Å². The Bertz CT molecular complexity index is 531. The van der Waals surface area contributed by atoms with Crippen molar-refractivity contribution in [2.45, 2.75) is 37.4 Å². The average molecular weight is 352 g/mol. The zero-order chi connectivity index (χ0) is 17.6. The predicted octanol–water partition coefficient (Wildman–Crippen LogP) is 2.05. The fourth-order valence-corrected chi connectivity index (χ4v) is 2.06. The Morgan fingerprint density at radius 3 is 2.00 bits per heavy atom. The molecule has 1 atom stereocenters. The molecule has 0 bridgehead atoms. The van der Waals surface area contributed by atoms with Gasteiger partial charge >= 0.3 is 21.5 Å². The summed E-state index contributed by atoms with van der Waals surface area (Å²) in [5.74, 6) is -5.16. The molecule has 11 heteroatoms. The second kappa shape index (κ2) is 8.30. The van der Waals surface area contributed by atoms with Crippen LogP contribution in [0, 0.1) is 5.92 Å². The summed E-state index contributed by atoms with van der Waals surface area (Å²) in [5.41, 5.74) is 0. The van der Waals surface area contributed by atoms with Crippen LogP contribution in [0.5, 0.6) is 0 Å². The third-order valence-electron chi connectivity index (χ3n) is 2.81. The lowest BCUT2D eigenvalue weighted by Crippen LogP contribution is -2.40. The molecule has 0 spiro atoms. The lowest BCUT2D eigenvalue weighted by Gasteiger charge is -2.19. The van der Waals surface area contributed by atoms with Crippen molar-refractivity contribution in [3.63, 3.8) is 0 Å². The van der Waals surface area contributed by atoms with E-state index in [4.69, 9.17) is 0 Å². The first-order chi connectivity index (χ1) is 9.93. The Morgan fingerprint density at radius 1 is 1.05 bits per heavy atom. The smallest absolute Gasteiger partial charge is 0.297 e. The fraction of sp³-hybridized carbons (Fsp3) is 0.727. The molecule has 0 heterocycles. The largest absolute Gasteiger partial charge is 0.431 e. The number of halogens is 5. The highest BCUT2D eigenvalue weighted by Gasteiger charge is 2.55. The van der Waals surface area contributed by atoms with E-state index in [-0.39, 0.29) is 0 Å². The predicted molar refractivity (Wildman–Crippen MR) is 63.7 cm³/mol. The quantitative estimate of drug-likeness (QED) is 0.420. The maximum absolute atomic E-state index is 13.2. The van der Waals surface area contributed by atoms with Crippen molar-refractivity contribution < 1.29 is 44.2 Å². The van der Waals surface area contributed by atoms with Crippen molar-refractivity contribution in [2.24, 2.45) is 5.92 Å². The van der Waals surface area contributed by atoms with Crippen LogP contribution in [0.3, 0.4) is 0 Å². The van der Waals surface area contributed by atoms with E-state index in [1.54, 1.807) is 0 Å². The fourth-order valence-electron chi connectivity index (χ4n) is 1.65. The molecule has 0 aliphatic heterocycles. The number of carbonyl (C=O) groups excluding carboxylic acids is 3. The van der Waals surface area contributed by atoms with Gasteiger partial charge in [0.1, 0.15) is 6.67 Å². The number of carbonyl (C=O) groups is 3. The first kappa shape index (κ1) is 20.6. The van der Waals surface area contributed by atoms with Crippen LogP contribution in [-0.2, 0) is 24.6 Å². The number of hydrogen-bond donors (Lipinski definition) is 0. The summed E-state index contributed by atoms with van der Waals surface area (Å²) in [6, 6.07) is -1.78. The molecule has 0 fully saturated rings. The standard InChI is InChI=1S/C11H13F5O5S/c12-6-8(17)5-4-7(2-1-3-9(13)18)10(19)11(14,15)22(16,20)21/h7H,1-6H2. The SMILES string of the molecule is O=C(F)CCCC(CCC(=O)CF)C(=O)C(F)(F)S(=O)(=O)F. The summed E-state index contributed by atoms with van der Waals surface area (Å²) < 4.78 is 83.4. The average Bonchev–Trinajstić information content (AvgIpc) is 2.39. The first-order valence-electron chi connectivity index (χ1n) is 6.05. The molecule has 0 saturated heterocycles.